The minimum atomic E-state index is -0.976. The fraction of sp³-hybridized carbons (Fsp3) is 0.529. The number of nitrogens with one attached hydrogen (secondary N) is 1. The fourth-order valence-corrected chi connectivity index (χ4v) is 2.14. The molecule has 0 saturated heterocycles. The molecule has 6 nitrogen and oxygen atoms in total. The number of ether oxygens (including phenoxy) is 2. The van der Waals surface area contributed by atoms with Gasteiger partial charge in [0, 0.05) is 11.6 Å². The number of halogens is 1. The molecule has 1 amide bonds. The highest BCUT2D eigenvalue weighted by atomic mass is 35.5. The molecule has 0 bridgehead atoms. The highest BCUT2D eigenvalue weighted by molar-refractivity contribution is 6.32. The first-order valence-corrected chi connectivity index (χ1v) is 8.09. The van der Waals surface area contributed by atoms with Gasteiger partial charge in [-0.05, 0) is 31.9 Å². The third-order valence-corrected chi connectivity index (χ3v) is 3.83. The Bertz CT molecular complexity index is 603. The molecule has 24 heavy (non-hydrogen) atoms. The van der Waals surface area contributed by atoms with E-state index in [-0.39, 0.29) is 10.6 Å². The second kappa shape index (κ2) is 8.78. The van der Waals surface area contributed by atoms with Crippen molar-refractivity contribution in [2.45, 2.75) is 33.7 Å². The van der Waals surface area contributed by atoms with Crippen molar-refractivity contribution >= 4 is 23.5 Å². The van der Waals surface area contributed by atoms with Crippen molar-refractivity contribution in [2.75, 3.05) is 13.7 Å². The fourth-order valence-electron chi connectivity index (χ4n) is 1.87. The van der Waals surface area contributed by atoms with Gasteiger partial charge in [-0.2, -0.15) is 0 Å². The number of carboxylic acid groups (broad SMARTS) is 1. The number of carbonyl (C=O) groups is 2. The SMILES string of the molecule is COc1cc(C(=O)NC(C)C(C)C(=O)O)cc(Cl)c1OCC(C)C. The van der Waals surface area contributed by atoms with Crippen LogP contribution < -0.4 is 14.8 Å². The lowest BCUT2D eigenvalue weighted by atomic mass is 10.0. The molecular formula is C17H24ClNO5. The molecule has 0 radical (unpaired) electrons. The molecule has 0 heterocycles. The second-order valence-corrected chi connectivity index (χ2v) is 6.49. The number of amides is 1. The first-order chi connectivity index (χ1) is 11.2. The van der Waals surface area contributed by atoms with Crippen molar-refractivity contribution in [3.05, 3.63) is 22.7 Å². The standard InChI is InChI=1S/C17H24ClNO5/c1-9(2)8-24-15-13(18)6-12(7-14(15)23-5)16(20)19-11(4)10(3)17(21)22/h6-7,9-11H,8H2,1-5H3,(H,19,20)(H,21,22). The van der Waals surface area contributed by atoms with E-state index in [9.17, 15) is 9.59 Å². The molecule has 1 aromatic rings. The van der Waals surface area contributed by atoms with E-state index in [0.717, 1.165) is 0 Å². The van der Waals surface area contributed by atoms with E-state index in [4.69, 9.17) is 26.2 Å². The van der Waals surface area contributed by atoms with E-state index in [1.807, 2.05) is 13.8 Å². The zero-order valence-corrected chi connectivity index (χ0v) is 15.3. The lowest BCUT2D eigenvalue weighted by molar-refractivity contribution is -0.141. The number of hydrogen-bond acceptors (Lipinski definition) is 4. The summed E-state index contributed by atoms with van der Waals surface area (Å²) >= 11 is 6.21. The van der Waals surface area contributed by atoms with E-state index in [1.165, 1.54) is 26.2 Å². The molecule has 7 heteroatoms. The van der Waals surface area contributed by atoms with Crippen LogP contribution in [0, 0.1) is 11.8 Å². The lowest BCUT2D eigenvalue weighted by Crippen LogP contribution is -2.40. The Morgan fingerprint density at radius 2 is 1.88 bits per heavy atom. The molecule has 1 rings (SSSR count). The number of methoxy groups -OCH3 is 1. The van der Waals surface area contributed by atoms with Crippen LogP contribution in [0.2, 0.25) is 5.02 Å². The molecule has 2 atom stereocenters. The molecule has 2 unspecified atom stereocenters. The minimum Gasteiger partial charge on any atom is -0.493 e. The Labute approximate surface area is 147 Å². The molecule has 0 saturated carbocycles. The van der Waals surface area contributed by atoms with E-state index >= 15 is 0 Å². The van der Waals surface area contributed by atoms with E-state index in [0.29, 0.717) is 24.0 Å². The Kier molecular flexibility index (Phi) is 7.35. The zero-order chi connectivity index (χ0) is 18.4. The van der Waals surface area contributed by atoms with Crippen LogP contribution in [0.3, 0.4) is 0 Å². The van der Waals surface area contributed by atoms with E-state index < -0.39 is 23.8 Å². The van der Waals surface area contributed by atoms with E-state index in [2.05, 4.69) is 5.32 Å². The molecule has 0 spiro atoms. The summed E-state index contributed by atoms with van der Waals surface area (Å²) in [5.41, 5.74) is 0.276. The maximum absolute atomic E-state index is 12.3. The summed E-state index contributed by atoms with van der Waals surface area (Å²) in [5.74, 6) is -1.06. The summed E-state index contributed by atoms with van der Waals surface area (Å²) in [5, 5.41) is 11.9. The van der Waals surface area contributed by atoms with Crippen molar-refractivity contribution in [2.24, 2.45) is 11.8 Å². The number of aliphatic carboxylic acids is 1. The number of carboxylic acids is 1. The quantitative estimate of drug-likeness (QED) is 0.746. The predicted molar refractivity (Wildman–Crippen MR) is 92.1 cm³/mol. The van der Waals surface area contributed by atoms with Gasteiger partial charge >= 0.3 is 5.97 Å². The van der Waals surface area contributed by atoms with Crippen molar-refractivity contribution in [3.8, 4) is 11.5 Å². The maximum Gasteiger partial charge on any atom is 0.308 e. The van der Waals surface area contributed by atoms with Gasteiger partial charge in [0.2, 0.25) is 0 Å². The van der Waals surface area contributed by atoms with Crippen LogP contribution in [-0.2, 0) is 4.79 Å². The molecule has 0 aliphatic heterocycles. The highest BCUT2D eigenvalue weighted by Crippen LogP contribution is 2.36. The van der Waals surface area contributed by atoms with Crippen LogP contribution in [0.5, 0.6) is 11.5 Å². The Hall–Kier alpha value is -1.95. The average molecular weight is 358 g/mol. The van der Waals surface area contributed by atoms with Gasteiger partial charge in [0.25, 0.3) is 5.91 Å². The normalized spacial score (nSPS) is 13.3. The summed E-state index contributed by atoms with van der Waals surface area (Å²) in [4.78, 5) is 23.3. The molecule has 134 valence electrons. The third-order valence-electron chi connectivity index (χ3n) is 3.55. The zero-order valence-electron chi connectivity index (χ0n) is 14.6. The van der Waals surface area contributed by atoms with Gasteiger partial charge in [0.1, 0.15) is 0 Å². The Morgan fingerprint density at radius 1 is 1.25 bits per heavy atom. The highest BCUT2D eigenvalue weighted by Gasteiger charge is 2.23. The molecular weight excluding hydrogens is 334 g/mol. The van der Waals surface area contributed by atoms with Gasteiger partial charge < -0.3 is 19.9 Å². The second-order valence-electron chi connectivity index (χ2n) is 6.08. The number of benzene rings is 1. The molecule has 0 fully saturated rings. The van der Waals surface area contributed by atoms with Gasteiger partial charge in [0.15, 0.2) is 11.5 Å². The van der Waals surface area contributed by atoms with Crippen molar-refractivity contribution in [1.29, 1.82) is 0 Å². The molecule has 0 aromatic heterocycles. The van der Waals surface area contributed by atoms with Crippen LogP contribution in [-0.4, -0.2) is 36.7 Å². The van der Waals surface area contributed by atoms with Crippen LogP contribution in [0.1, 0.15) is 38.1 Å². The van der Waals surface area contributed by atoms with Crippen molar-refractivity contribution in [3.63, 3.8) is 0 Å². The smallest absolute Gasteiger partial charge is 0.308 e. The summed E-state index contributed by atoms with van der Waals surface area (Å²) < 4.78 is 10.9. The van der Waals surface area contributed by atoms with Crippen molar-refractivity contribution < 1.29 is 24.2 Å². The molecule has 0 aliphatic carbocycles. The Morgan fingerprint density at radius 3 is 2.38 bits per heavy atom. The molecule has 0 aliphatic rings. The van der Waals surface area contributed by atoms with E-state index in [1.54, 1.807) is 6.92 Å². The van der Waals surface area contributed by atoms with Crippen LogP contribution in [0.4, 0.5) is 0 Å². The summed E-state index contributed by atoms with van der Waals surface area (Å²) in [7, 11) is 1.46. The third kappa shape index (κ3) is 5.30. The number of rotatable bonds is 8. The van der Waals surface area contributed by atoms with Gasteiger partial charge in [-0.1, -0.05) is 25.4 Å². The first-order valence-electron chi connectivity index (χ1n) is 7.71. The summed E-state index contributed by atoms with van der Waals surface area (Å²) in [6, 6.07) is 2.47. The Balaban J connectivity index is 2.98. The monoisotopic (exact) mass is 357 g/mol. The van der Waals surface area contributed by atoms with Crippen LogP contribution in [0.25, 0.3) is 0 Å². The average Bonchev–Trinajstić information content (AvgIpc) is 2.51. The van der Waals surface area contributed by atoms with Gasteiger partial charge in [0.05, 0.1) is 24.7 Å². The molecule has 2 N–H and O–H groups in total. The van der Waals surface area contributed by atoms with Gasteiger partial charge in [-0.25, -0.2) is 0 Å². The first kappa shape index (κ1) is 20.1. The topological polar surface area (TPSA) is 84.9 Å². The minimum absolute atomic E-state index is 0.263. The van der Waals surface area contributed by atoms with Crippen LogP contribution in [0.15, 0.2) is 12.1 Å². The summed E-state index contributed by atoms with van der Waals surface area (Å²) in [6.07, 6.45) is 0. The predicted octanol–water partition coefficient (Wildman–Crippen LogP) is 3.22. The molecule has 1 aromatic carbocycles. The van der Waals surface area contributed by atoms with Crippen LogP contribution >= 0.6 is 11.6 Å². The largest absolute Gasteiger partial charge is 0.493 e. The van der Waals surface area contributed by atoms with Gasteiger partial charge in [-0.3, -0.25) is 9.59 Å². The maximum atomic E-state index is 12.3. The summed E-state index contributed by atoms with van der Waals surface area (Å²) in [6.45, 7) is 7.65. The number of hydrogen-bond donors (Lipinski definition) is 2. The number of carbonyl (C=O) groups excluding carboxylic acids is 1. The lowest BCUT2D eigenvalue weighted by Gasteiger charge is -2.19. The van der Waals surface area contributed by atoms with Crippen molar-refractivity contribution in [1.82, 2.24) is 5.32 Å². The van der Waals surface area contributed by atoms with Gasteiger partial charge in [-0.15, -0.1) is 0 Å².